The normalized spacial score (nSPS) is 23.2. The van der Waals surface area contributed by atoms with Crippen molar-refractivity contribution in [3.63, 3.8) is 0 Å². The summed E-state index contributed by atoms with van der Waals surface area (Å²) < 4.78 is 22.9. The van der Waals surface area contributed by atoms with Gasteiger partial charge in [-0.15, -0.1) is 4.99 Å². The van der Waals surface area contributed by atoms with Gasteiger partial charge in [0.1, 0.15) is 16.8 Å². The highest BCUT2D eigenvalue weighted by atomic mass is 16.6. The zero-order chi connectivity index (χ0) is 38.9. The number of likely N-dealkylation sites (tertiary alicyclic amines) is 2. The van der Waals surface area contributed by atoms with Gasteiger partial charge in [0.2, 0.25) is 11.9 Å². The number of nitrogens with zero attached hydrogens (tertiary/aromatic N) is 4. The number of nitrogens with one attached hydrogen (secondary N) is 1. The Morgan fingerprint density at radius 3 is 2.04 bits per heavy atom. The van der Waals surface area contributed by atoms with Crippen molar-refractivity contribution in [1.29, 1.82) is 0 Å². The lowest BCUT2D eigenvalue weighted by molar-refractivity contribution is -0.160. The molecule has 3 rings (SSSR count). The summed E-state index contributed by atoms with van der Waals surface area (Å²) in [6.07, 6.45) is 7.83. The molecule has 0 aromatic heterocycles. The second-order valence-electron chi connectivity index (χ2n) is 18.0. The third-order valence-corrected chi connectivity index (χ3v) is 9.70. The molecule has 1 N–H and O–H groups in total. The van der Waals surface area contributed by atoms with E-state index in [-0.39, 0.29) is 42.4 Å². The van der Waals surface area contributed by atoms with Crippen molar-refractivity contribution < 1.29 is 38.1 Å². The van der Waals surface area contributed by atoms with E-state index in [0.29, 0.717) is 51.4 Å². The van der Waals surface area contributed by atoms with Crippen LogP contribution in [0.2, 0.25) is 0 Å². The van der Waals surface area contributed by atoms with Gasteiger partial charge in [0.25, 0.3) is 0 Å². The molecule has 2 heterocycles. The Hall–Kier alpha value is -2.93. The molecule has 3 aliphatic rings. The molecule has 0 unspecified atom stereocenters. The van der Waals surface area contributed by atoms with Crippen molar-refractivity contribution in [3.8, 4) is 0 Å². The number of alkyl carbamates (subject to hydrolysis) is 1. The van der Waals surface area contributed by atoms with Gasteiger partial charge in [-0.25, -0.2) is 9.59 Å². The minimum atomic E-state index is -0.795. The molecule has 0 aromatic rings. The second-order valence-corrected chi connectivity index (χ2v) is 18.0. The number of likely N-dealkylation sites (N-methyl/N-ethyl adjacent to an activating group) is 1. The first kappa shape index (κ1) is 43.5. The number of hydrogen-bond donors (Lipinski definition) is 1. The molecule has 2 aliphatic heterocycles. The minimum Gasteiger partial charge on any atom is -0.460 e. The van der Waals surface area contributed by atoms with Gasteiger partial charge in [-0.05, 0) is 127 Å². The van der Waals surface area contributed by atoms with Crippen molar-refractivity contribution in [2.45, 2.75) is 181 Å². The Balaban J connectivity index is 1.62. The molecule has 52 heavy (non-hydrogen) atoms. The third-order valence-electron chi connectivity index (χ3n) is 9.70. The van der Waals surface area contributed by atoms with Crippen molar-refractivity contribution >= 4 is 30.0 Å². The van der Waals surface area contributed by atoms with E-state index in [1.54, 1.807) is 41.5 Å². The van der Waals surface area contributed by atoms with Crippen LogP contribution < -0.4 is 5.32 Å². The van der Waals surface area contributed by atoms with E-state index >= 15 is 0 Å². The fourth-order valence-electron chi connectivity index (χ4n) is 7.30. The summed E-state index contributed by atoms with van der Waals surface area (Å²) in [4.78, 5) is 62.8. The Kier molecular flexibility index (Phi) is 15.8. The van der Waals surface area contributed by atoms with Gasteiger partial charge in [-0.1, -0.05) is 19.8 Å². The molecule has 0 radical (unpaired) electrons. The number of aliphatic imine (C=N–C) groups is 1. The quantitative estimate of drug-likeness (QED) is 0.118. The molecule has 298 valence electrons. The molecule has 1 saturated carbocycles. The van der Waals surface area contributed by atoms with Crippen molar-refractivity contribution in [2.24, 2.45) is 10.9 Å². The Morgan fingerprint density at radius 1 is 0.808 bits per heavy atom. The summed E-state index contributed by atoms with van der Waals surface area (Å²) in [6.45, 7) is 20.6. The number of carbonyl (C=O) groups is 4. The molecular formula is C39H69N5O8. The highest BCUT2D eigenvalue weighted by Crippen LogP contribution is 2.30. The van der Waals surface area contributed by atoms with Crippen LogP contribution in [0.5, 0.6) is 0 Å². The molecule has 0 spiro atoms. The molecule has 0 bridgehead atoms. The molecule has 3 fully saturated rings. The summed E-state index contributed by atoms with van der Waals surface area (Å²) in [7, 11) is 2.01. The van der Waals surface area contributed by atoms with Crippen LogP contribution in [0.4, 0.5) is 9.59 Å². The van der Waals surface area contributed by atoms with E-state index in [1.165, 1.54) is 6.42 Å². The fraction of sp³-hybridized carbons (Fsp3) is 0.872. The molecule has 0 aromatic carbocycles. The van der Waals surface area contributed by atoms with Crippen LogP contribution in [0.25, 0.3) is 0 Å². The zero-order valence-corrected chi connectivity index (χ0v) is 34.0. The van der Waals surface area contributed by atoms with Gasteiger partial charge in [-0.2, -0.15) is 0 Å². The van der Waals surface area contributed by atoms with E-state index < -0.39 is 35.0 Å². The van der Waals surface area contributed by atoms with Crippen LogP contribution in [0.15, 0.2) is 4.99 Å². The van der Waals surface area contributed by atoms with Gasteiger partial charge in [0.15, 0.2) is 0 Å². The number of rotatable bonds is 9. The standard InChI is InChI=1S/C39H69N5O8/c1-27-15-14-17-29(25-27)42(11)31(26-32(45)50-37(2,3)4)33(46)44-21-13-12-16-28(44)20-24-49-30-18-22-43(23-19-30)34(40-35(47)51-38(5,6)7)41-36(48)52-39(8,9)10/h27-31H,12-26H2,1-11H3,(H,40,41,47,48)/t27-,28+,29+,31+/m1/s1. The predicted molar refractivity (Wildman–Crippen MR) is 201 cm³/mol. The number of carbonyl (C=O) groups excluding carboxylic acids is 4. The monoisotopic (exact) mass is 736 g/mol. The lowest BCUT2D eigenvalue weighted by Crippen LogP contribution is -2.56. The summed E-state index contributed by atoms with van der Waals surface area (Å²) in [6, 6.07) is -0.278. The molecule has 1 aliphatic carbocycles. The Bertz CT molecular complexity index is 1230. The summed E-state index contributed by atoms with van der Waals surface area (Å²) in [5.41, 5.74) is -2.08. The highest BCUT2D eigenvalue weighted by Gasteiger charge is 2.39. The van der Waals surface area contributed by atoms with Crippen LogP contribution in [-0.2, 0) is 28.5 Å². The average molecular weight is 736 g/mol. The number of ether oxygens (including phenoxy) is 4. The minimum absolute atomic E-state index is 0.0129. The summed E-state index contributed by atoms with van der Waals surface area (Å²) >= 11 is 0. The van der Waals surface area contributed by atoms with Gasteiger partial charge < -0.3 is 28.7 Å². The fourth-order valence-corrected chi connectivity index (χ4v) is 7.30. The molecule has 13 heteroatoms. The maximum atomic E-state index is 14.4. The molecule has 3 amide bonds. The van der Waals surface area contributed by atoms with E-state index in [4.69, 9.17) is 18.9 Å². The second kappa shape index (κ2) is 18.9. The first-order valence-electron chi connectivity index (χ1n) is 19.5. The number of guanidine groups is 1. The van der Waals surface area contributed by atoms with Crippen molar-refractivity contribution in [3.05, 3.63) is 0 Å². The largest absolute Gasteiger partial charge is 0.460 e. The van der Waals surface area contributed by atoms with Gasteiger partial charge in [-0.3, -0.25) is 19.8 Å². The highest BCUT2D eigenvalue weighted by molar-refractivity contribution is 5.99. The van der Waals surface area contributed by atoms with Crippen LogP contribution in [0.3, 0.4) is 0 Å². The van der Waals surface area contributed by atoms with E-state index in [9.17, 15) is 19.2 Å². The number of esters is 1. The number of amides is 3. The van der Waals surface area contributed by atoms with Crippen molar-refractivity contribution in [1.82, 2.24) is 20.0 Å². The first-order chi connectivity index (χ1) is 24.1. The van der Waals surface area contributed by atoms with E-state index in [1.807, 2.05) is 37.6 Å². The van der Waals surface area contributed by atoms with Gasteiger partial charge in [0.05, 0.1) is 18.6 Å². The SMILES string of the molecule is C[C@@H]1CCC[C@H](N(C)[C@@H](CC(=O)OC(C)(C)C)C(=O)N2CCCC[C@H]2CCOC2CCN(C(=NC(=O)OC(C)(C)C)NC(=O)OC(C)(C)C)CC2)C1. The molecular weight excluding hydrogens is 666 g/mol. The van der Waals surface area contributed by atoms with Crippen LogP contribution in [0.1, 0.15) is 140 Å². The van der Waals surface area contributed by atoms with Crippen LogP contribution in [0, 0.1) is 5.92 Å². The van der Waals surface area contributed by atoms with Gasteiger partial charge >= 0.3 is 18.2 Å². The number of piperidine rings is 2. The summed E-state index contributed by atoms with van der Waals surface area (Å²) in [5.74, 6) is 0.353. The van der Waals surface area contributed by atoms with Crippen LogP contribution in [-0.4, -0.2) is 119 Å². The van der Waals surface area contributed by atoms with E-state index in [2.05, 4.69) is 22.1 Å². The molecule has 4 atom stereocenters. The summed E-state index contributed by atoms with van der Waals surface area (Å²) in [5, 5.41) is 2.64. The molecule has 13 nitrogen and oxygen atoms in total. The first-order valence-corrected chi connectivity index (χ1v) is 19.5. The maximum absolute atomic E-state index is 14.4. The lowest BCUT2D eigenvalue weighted by Gasteiger charge is -2.43. The Morgan fingerprint density at radius 2 is 1.44 bits per heavy atom. The maximum Gasteiger partial charge on any atom is 0.437 e. The average Bonchev–Trinajstić information content (AvgIpc) is 3.00. The predicted octanol–water partition coefficient (Wildman–Crippen LogP) is 6.67. The smallest absolute Gasteiger partial charge is 0.437 e. The number of hydrogen-bond acceptors (Lipinski definition) is 9. The Labute approximate surface area is 312 Å². The zero-order valence-electron chi connectivity index (χ0n) is 34.0. The van der Waals surface area contributed by atoms with Crippen molar-refractivity contribution in [2.75, 3.05) is 33.3 Å². The van der Waals surface area contributed by atoms with E-state index in [0.717, 1.165) is 38.5 Å². The third kappa shape index (κ3) is 15.2. The van der Waals surface area contributed by atoms with Crippen LogP contribution >= 0.6 is 0 Å². The van der Waals surface area contributed by atoms with Gasteiger partial charge in [0, 0.05) is 38.3 Å². The topological polar surface area (TPSA) is 139 Å². The molecule has 2 saturated heterocycles. The lowest BCUT2D eigenvalue weighted by atomic mass is 9.85.